The fraction of sp³-hybridized carbons (Fsp3) is 0.565. The molecule has 2 N–H and O–H groups in total. The van der Waals surface area contributed by atoms with Gasteiger partial charge in [0.2, 0.25) is 0 Å². The second kappa shape index (κ2) is 8.99. The van der Waals surface area contributed by atoms with Crippen molar-refractivity contribution in [3.05, 3.63) is 45.7 Å². The van der Waals surface area contributed by atoms with Crippen molar-refractivity contribution in [3.63, 3.8) is 0 Å². The highest BCUT2D eigenvalue weighted by atomic mass is 16.5. The van der Waals surface area contributed by atoms with E-state index in [2.05, 4.69) is 16.4 Å². The summed E-state index contributed by atoms with van der Waals surface area (Å²) in [4.78, 5) is 30.5. The minimum absolute atomic E-state index is 0.0499. The van der Waals surface area contributed by atoms with Crippen molar-refractivity contribution in [2.45, 2.75) is 70.6 Å². The Morgan fingerprint density at radius 2 is 2.00 bits per heavy atom. The predicted octanol–water partition coefficient (Wildman–Crippen LogP) is 3.86. The van der Waals surface area contributed by atoms with Crippen LogP contribution in [-0.4, -0.2) is 41.2 Å². The number of carbonyl (C=O) groups excluding carboxylic acids is 1. The number of hydrogen-bond acceptors (Lipinski definition) is 3. The summed E-state index contributed by atoms with van der Waals surface area (Å²) in [6, 6.07) is 8.03. The summed E-state index contributed by atoms with van der Waals surface area (Å²) >= 11 is 0. The Morgan fingerprint density at radius 3 is 2.76 bits per heavy atom. The van der Waals surface area contributed by atoms with Gasteiger partial charge in [-0.1, -0.05) is 30.9 Å². The van der Waals surface area contributed by atoms with Gasteiger partial charge in [-0.25, -0.2) is 4.79 Å². The molecule has 6 nitrogen and oxygen atoms in total. The van der Waals surface area contributed by atoms with Crippen LogP contribution in [-0.2, 0) is 11.3 Å². The molecule has 2 amide bonds. The van der Waals surface area contributed by atoms with Gasteiger partial charge in [0.15, 0.2) is 0 Å². The third-order valence-corrected chi connectivity index (χ3v) is 6.11. The Morgan fingerprint density at radius 1 is 1.17 bits per heavy atom. The number of fused-ring (bicyclic) bond motifs is 1. The molecule has 2 aliphatic rings. The largest absolute Gasteiger partial charge is 0.376 e. The first-order valence-corrected chi connectivity index (χ1v) is 10.9. The van der Waals surface area contributed by atoms with Crippen LogP contribution < -0.4 is 10.9 Å². The smallest absolute Gasteiger partial charge is 0.318 e. The van der Waals surface area contributed by atoms with Crippen molar-refractivity contribution in [2.24, 2.45) is 0 Å². The van der Waals surface area contributed by atoms with E-state index < -0.39 is 0 Å². The van der Waals surface area contributed by atoms with Crippen molar-refractivity contribution in [1.29, 1.82) is 0 Å². The van der Waals surface area contributed by atoms with Gasteiger partial charge in [0, 0.05) is 30.3 Å². The van der Waals surface area contributed by atoms with E-state index in [1.807, 2.05) is 25.1 Å². The molecule has 1 unspecified atom stereocenters. The highest BCUT2D eigenvalue weighted by Gasteiger charge is 2.25. The first kappa shape index (κ1) is 20.0. The van der Waals surface area contributed by atoms with Crippen LogP contribution in [0.4, 0.5) is 4.79 Å². The zero-order valence-electron chi connectivity index (χ0n) is 17.2. The van der Waals surface area contributed by atoms with Crippen LogP contribution >= 0.6 is 0 Å². The van der Waals surface area contributed by atoms with Crippen molar-refractivity contribution in [1.82, 2.24) is 15.2 Å². The minimum atomic E-state index is -0.135. The molecule has 1 atom stereocenters. The molecule has 2 fully saturated rings. The number of hydrogen-bond donors (Lipinski definition) is 2. The summed E-state index contributed by atoms with van der Waals surface area (Å²) < 4.78 is 5.77. The number of H-pyrrole nitrogens is 1. The molecule has 0 radical (unpaired) electrons. The number of rotatable bonds is 5. The molecule has 2 aromatic rings. The molecule has 1 saturated carbocycles. The van der Waals surface area contributed by atoms with E-state index in [1.165, 1.54) is 19.3 Å². The molecular formula is C23H31N3O3. The number of urea groups is 1. The van der Waals surface area contributed by atoms with E-state index in [0.29, 0.717) is 12.1 Å². The second-order valence-corrected chi connectivity index (χ2v) is 8.51. The van der Waals surface area contributed by atoms with Crippen molar-refractivity contribution >= 4 is 16.9 Å². The number of pyridine rings is 1. The third-order valence-electron chi connectivity index (χ3n) is 6.11. The van der Waals surface area contributed by atoms with Crippen LogP contribution in [0, 0.1) is 6.92 Å². The molecule has 1 aliphatic heterocycles. The zero-order chi connectivity index (χ0) is 20.2. The molecule has 1 aromatic heterocycles. The number of aryl methyl sites for hydroxylation is 1. The van der Waals surface area contributed by atoms with E-state index in [9.17, 15) is 9.59 Å². The number of aromatic amines is 1. The Labute approximate surface area is 171 Å². The van der Waals surface area contributed by atoms with Crippen LogP contribution in [0.5, 0.6) is 0 Å². The Hall–Kier alpha value is -2.34. The fourth-order valence-electron chi connectivity index (χ4n) is 4.46. The van der Waals surface area contributed by atoms with Gasteiger partial charge in [0.05, 0.1) is 12.6 Å². The summed E-state index contributed by atoms with van der Waals surface area (Å²) in [7, 11) is 0. The van der Waals surface area contributed by atoms with E-state index in [0.717, 1.165) is 48.8 Å². The SMILES string of the molecule is Cc1ccc2[nH]c(=O)c(CN(CC3CCCO3)C(=O)NC3CCCCC3)cc2c1. The first-order valence-electron chi connectivity index (χ1n) is 10.9. The van der Waals surface area contributed by atoms with Gasteiger partial charge in [-0.2, -0.15) is 0 Å². The molecule has 156 valence electrons. The number of benzene rings is 1. The quantitative estimate of drug-likeness (QED) is 0.804. The molecule has 1 aromatic carbocycles. The van der Waals surface area contributed by atoms with Gasteiger partial charge in [-0.3, -0.25) is 4.79 Å². The summed E-state index contributed by atoms with van der Waals surface area (Å²) in [5.41, 5.74) is 2.44. The minimum Gasteiger partial charge on any atom is -0.376 e. The van der Waals surface area contributed by atoms with Crippen molar-refractivity contribution < 1.29 is 9.53 Å². The molecule has 4 rings (SSSR count). The van der Waals surface area contributed by atoms with Gasteiger partial charge in [-0.15, -0.1) is 0 Å². The lowest BCUT2D eigenvalue weighted by atomic mass is 9.96. The fourth-order valence-corrected chi connectivity index (χ4v) is 4.46. The molecule has 2 heterocycles. The lowest BCUT2D eigenvalue weighted by Gasteiger charge is -2.29. The summed E-state index contributed by atoms with van der Waals surface area (Å²) in [6.07, 6.45) is 7.69. The third kappa shape index (κ3) is 4.99. The Balaban J connectivity index is 1.55. The maximum absolute atomic E-state index is 13.1. The van der Waals surface area contributed by atoms with Crippen LogP contribution in [0.2, 0.25) is 0 Å². The zero-order valence-corrected chi connectivity index (χ0v) is 17.2. The van der Waals surface area contributed by atoms with Crippen molar-refractivity contribution in [2.75, 3.05) is 13.2 Å². The Bertz CT molecular complexity index is 911. The number of carbonyl (C=O) groups is 1. The lowest BCUT2D eigenvalue weighted by Crippen LogP contribution is -2.48. The average molecular weight is 398 g/mol. The highest BCUT2D eigenvalue weighted by molar-refractivity contribution is 5.80. The van der Waals surface area contributed by atoms with Crippen LogP contribution in [0.3, 0.4) is 0 Å². The standard InChI is InChI=1S/C23H31N3O3/c1-16-9-10-21-17(12-16)13-18(22(27)25-21)14-26(15-20-8-5-11-29-20)23(28)24-19-6-3-2-4-7-19/h9-10,12-13,19-20H,2-8,11,14-15H2,1H3,(H,24,28)(H,25,27). The van der Waals surface area contributed by atoms with Gasteiger partial charge in [0.1, 0.15) is 0 Å². The van der Waals surface area contributed by atoms with Crippen molar-refractivity contribution in [3.8, 4) is 0 Å². The average Bonchev–Trinajstić information content (AvgIpc) is 3.22. The number of nitrogens with zero attached hydrogens (tertiary/aromatic N) is 1. The van der Waals surface area contributed by atoms with Crippen LogP contribution in [0.1, 0.15) is 56.1 Å². The topological polar surface area (TPSA) is 74.4 Å². The molecular weight excluding hydrogens is 366 g/mol. The van der Waals surface area contributed by atoms with Gasteiger partial charge < -0.3 is 19.9 Å². The van der Waals surface area contributed by atoms with Gasteiger partial charge in [0.25, 0.3) is 5.56 Å². The molecule has 1 saturated heterocycles. The van der Waals surface area contributed by atoms with E-state index in [1.54, 1.807) is 4.90 Å². The highest BCUT2D eigenvalue weighted by Crippen LogP contribution is 2.20. The monoisotopic (exact) mass is 397 g/mol. The maximum atomic E-state index is 13.1. The number of nitrogens with one attached hydrogen (secondary N) is 2. The van der Waals surface area contributed by atoms with Crippen LogP contribution in [0.15, 0.2) is 29.1 Å². The molecule has 0 spiro atoms. The normalized spacial score (nSPS) is 20.1. The van der Waals surface area contributed by atoms with Crippen LogP contribution in [0.25, 0.3) is 10.9 Å². The maximum Gasteiger partial charge on any atom is 0.318 e. The lowest BCUT2D eigenvalue weighted by molar-refractivity contribution is 0.0784. The van der Waals surface area contributed by atoms with E-state index >= 15 is 0 Å². The second-order valence-electron chi connectivity index (χ2n) is 8.51. The van der Waals surface area contributed by atoms with Gasteiger partial charge in [-0.05, 0) is 56.2 Å². The molecule has 6 heteroatoms. The van der Waals surface area contributed by atoms with E-state index in [4.69, 9.17) is 4.74 Å². The van der Waals surface area contributed by atoms with Gasteiger partial charge >= 0.3 is 6.03 Å². The number of ether oxygens (including phenoxy) is 1. The summed E-state index contributed by atoms with van der Waals surface area (Å²) in [5, 5.41) is 4.19. The van der Waals surface area contributed by atoms with E-state index in [-0.39, 0.29) is 30.3 Å². The molecule has 0 bridgehead atoms. The summed E-state index contributed by atoms with van der Waals surface area (Å²) in [5.74, 6) is 0. The first-order chi connectivity index (χ1) is 14.1. The Kier molecular flexibility index (Phi) is 6.19. The number of amides is 2. The summed E-state index contributed by atoms with van der Waals surface area (Å²) in [6.45, 7) is 3.59. The molecule has 1 aliphatic carbocycles. The number of aromatic nitrogens is 1. The predicted molar refractivity (Wildman–Crippen MR) is 114 cm³/mol. The molecule has 29 heavy (non-hydrogen) atoms.